The van der Waals surface area contributed by atoms with E-state index in [-0.39, 0.29) is 21.1 Å². The standard InChI is InChI=1S/6C6H6O5S.Mo/c6*7-4-2-1-3-5(6(4)8)12(9,10)11;/h6*1-3,7-8H,(H,9,10,11);/p-6. The van der Waals surface area contributed by atoms with Crippen molar-refractivity contribution >= 4 is 60.7 Å². The number of para-hydroxylation sites is 6. The van der Waals surface area contributed by atoms with Gasteiger partial charge in [-0.15, -0.1) is 0 Å². The van der Waals surface area contributed by atoms with Crippen LogP contribution >= 0.6 is 0 Å². The van der Waals surface area contributed by atoms with Crippen molar-refractivity contribution in [3.63, 3.8) is 0 Å². The second kappa shape index (κ2) is 26.1. The molecule has 0 aliphatic heterocycles. The molecule has 0 heterocycles. The van der Waals surface area contributed by atoms with E-state index in [9.17, 15) is 77.8 Å². The van der Waals surface area contributed by atoms with Crippen molar-refractivity contribution in [1.29, 1.82) is 0 Å². The van der Waals surface area contributed by atoms with E-state index in [1.54, 1.807) is 0 Å². The fourth-order valence-corrected chi connectivity index (χ4v) is 7.79. The Morgan fingerprint density at radius 2 is 0.315 bits per heavy atom. The summed E-state index contributed by atoms with van der Waals surface area (Å²) >= 11 is 0. The van der Waals surface area contributed by atoms with Gasteiger partial charge in [0.15, 0.2) is 69.0 Å². The largest absolute Gasteiger partial charge is 0.744 e. The van der Waals surface area contributed by atoms with E-state index in [0.29, 0.717) is 0 Å². The molecule has 0 aliphatic rings. The van der Waals surface area contributed by atoms with Crippen LogP contribution in [0.2, 0.25) is 0 Å². The van der Waals surface area contributed by atoms with Gasteiger partial charge in [-0.1, -0.05) is 36.4 Å². The molecule has 73 heavy (non-hydrogen) atoms. The summed E-state index contributed by atoms with van der Waals surface area (Å²) in [5.41, 5.74) is 0. The Labute approximate surface area is 425 Å². The summed E-state index contributed by atoms with van der Waals surface area (Å²) in [6.45, 7) is 0. The fraction of sp³-hybridized carbons (Fsp3) is 0. The number of rotatable bonds is 6. The Morgan fingerprint density at radius 1 is 0.219 bits per heavy atom. The molecule has 0 atom stereocenters. The molecule has 402 valence electrons. The number of hydrogen-bond acceptors (Lipinski definition) is 30. The van der Waals surface area contributed by atoms with Gasteiger partial charge in [-0.2, -0.15) is 0 Å². The summed E-state index contributed by atoms with van der Waals surface area (Å²) in [4.78, 5) is -4.90. The van der Waals surface area contributed by atoms with Gasteiger partial charge >= 0.3 is 0 Å². The van der Waals surface area contributed by atoms with Gasteiger partial charge < -0.3 is 88.6 Å². The van der Waals surface area contributed by atoms with Gasteiger partial charge in [-0.05, 0) is 72.8 Å². The van der Waals surface area contributed by atoms with E-state index >= 15 is 0 Å². The van der Waals surface area contributed by atoms with Crippen molar-refractivity contribution < 1.29 is 160 Å². The number of phenols is 12. The van der Waals surface area contributed by atoms with Crippen LogP contribution in [0.15, 0.2) is 139 Å². The van der Waals surface area contributed by atoms with Crippen molar-refractivity contribution in [1.82, 2.24) is 0 Å². The molecule has 0 saturated heterocycles. The minimum atomic E-state index is -4.72. The third-order valence-electron chi connectivity index (χ3n) is 7.48. The normalized spacial score (nSPS) is 11.3. The van der Waals surface area contributed by atoms with Crippen molar-refractivity contribution in [2.24, 2.45) is 0 Å². The summed E-state index contributed by atoms with van der Waals surface area (Å²) < 4.78 is 187. The van der Waals surface area contributed by atoms with Gasteiger partial charge in [-0.25, -0.2) is 50.5 Å². The summed E-state index contributed by atoms with van der Waals surface area (Å²) in [7, 11) is -28.3. The predicted molar refractivity (Wildman–Crippen MR) is 226 cm³/mol. The Bertz CT molecular complexity index is 2990. The molecule has 0 unspecified atom stereocenters. The van der Waals surface area contributed by atoms with Gasteiger partial charge in [0, 0.05) is 21.1 Å². The first-order valence-electron chi connectivity index (χ1n) is 17.4. The van der Waals surface area contributed by atoms with Crippen LogP contribution in [0.25, 0.3) is 0 Å². The predicted octanol–water partition coefficient (Wildman–Crippen LogP) is 0.00890. The van der Waals surface area contributed by atoms with Crippen LogP contribution < -0.4 is 0 Å². The monoisotopic (exact) mass is 1230 g/mol. The van der Waals surface area contributed by atoms with Crippen LogP contribution in [0, 0.1) is 0 Å². The third kappa shape index (κ3) is 20.2. The van der Waals surface area contributed by atoms with Crippen LogP contribution in [0.3, 0.4) is 0 Å². The number of hydrogen-bond donors (Lipinski definition) is 12. The SMILES string of the molecule is O=S(=O)([O-])c1cccc(O)c1O.O=S(=O)([O-])c1cccc(O)c1O.O=S(=O)([O-])c1cccc(O)c1O.O=S(=O)([O-])c1cccc(O)c1O.O=S(=O)([O-])c1cccc(O)c1O.O=S(=O)([O-])c1cccc(O)c1O.[Mo]. The maximum Gasteiger partial charge on any atom is 0.175 e. The minimum Gasteiger partial charge on any atom is -0.744 e. The number of phenolic OH excluding ortho intramolecular Hbond substituents is 12. The molecule has 0 aromatic heterocycles. The topological polar surface area (TPSA) is 586 Å². The summed E-state index contributed by atoms with van der Waals surface area (Å²) in [6, 6.07) is 18.8. The molecule has 6 aromatic rings. The van der Waals surface area contributed by atoms with E-state index < -0.39 is 159 Å². The van der Waals surface area contributed by atoms with Crippen LogP contribution in [0.4, 0.5) is 0 Å². The molecular formula is C36H30MoO30S6-6. The van der Waals surface area contributed by atoms with Crippen molar-refractivity contribution in [3.8, 4) is 69.0 Å². The van der Waals surface area contributed by atoms with Crippen LogP contribution in [0.1, 0.15) is 0 Å². The molecule has 0 radical (unpaired) electrons. The van der Waals surface area contributed by atoms with E-state index in [2.05, 4.69) is 0 Å². The molecular weight excluding hydrogens is 1200 g/mol. The van der Waals surface area contributed by atoms with E-state index in [1.165, 1.54) is 0 Å². The van der Waals surface area contributed by atoms with Crippen LogP contribution in [-0.4, -0.2) is 139 Å². The minimum absolute atomic E-state index is 0. The van der Waals surface area contributed by atoms with Crippen molar-refractivity contribution in [2.45, 2.75) is 29.4 Å². The Hall–Kier alpha value is -6.93. The van der Waals surface area contributed by atoms with E-state index in [1.807, 2.05) is 0 Å². The molecule has 37 heteroatoms. The second-order valence-electron chi connectivity index (χ2n) is 12.5. The molecule has 0 saturated carbocycles. The average molecular weight is 1230 g/mol. The molecule has 6 rings (SSSR count). The summed E-state index contributed by atoms with van der Waals surface area (Å²) in [5.74, 6) is -9.25. The van der Waals surface area contributed by atoms with Gasteiger partial charge in [0.2, 0.25) is 0 Å². The maximum absolute atomic E-state index is 10.4. The molecule has 0 aliphatic carbocycles. The van der Waals surface area contributed by atoms with Crippen LogP contribution in [0.5, 0.6) is 69.0 Å². The van der Waals surface area contributed by atoms with E-state index in [0.717, 1.165) is 109 Å². The summed E-state index contributed by atoms with van der Waals surface area (Å²) in [6.07, 6.45) is 0. The first kappa shape index (κ1) is 66.1. The molecule has 6 aromatic carbocycles. The molecule has 30 nitrogen and oxygen atoms in total. The third-order valence-corrected chi connectivity index (χ3v) is 12.7. The Kier molecular flexibility index (Phi) is 23.7. The zero-order chi connectivity index (χ0) is 56.1. The zero-order valence-electron chi connectivity index (χ0n) is 35.0. The number of aromatic hydroxyl groups is 12. The second-order valence-corrected chi connectivity index (χ2v) is 20.6. The van der Waals surface area contributed by atoms with E-state index in [4.69, 9.17) is 61.3 Å². The number of benzene rings is 6. The molecule has 0 amide bonds. The molecule has 12 N–H and O–H groups in total. The van der Waals surface area contributed by atoms with Crippen molar-refractivity contribution in [2.75, 3.05) is 0 Å². The van der Waals surface area contributed by atoms with Crippen LogP contribution in [-0.2, 0) is 81.8 Å². The average Bonchev–Trinajstić information content (AvgIpc) is 3.22. The molecule has 0 spiro atoms. The summed E-state index contributed by atoms with van der Waals surface area (Å²) in [5, 5.41) is 106. The zero-order valence-corrected chi connectivity index (χ0v) is 41.9. The Morgan fingerprint density at radius 3 is 0.384 bits per heavy atom. The van der Waals surface area contributed by atoms with Gasteiger partial charge in [0.05, 0.1) is 29.4 Å². The maximum atomic E-state index is 10.4. The smallest absolute Gasteiger partial charge is 0.175 e. The fourth-order valence-electron chi connectivity index (χ4n) is 4.27. The molecule has 0 bridgehead atoms. The quantitative estimate of drug-likeness (QED) is 0.0593. The first-order valence-corrected chi connectivity index (χ1v) is 25.8. The van der Waals surface area contributed by atoms with Gasteiger partial charge in [0.25, 0.3) is 0 Å². The molecule has 0 fully saturated rings. The van der Waals surface area contributed by atoms with Gasteiger partial charge in [-0.3, -0.25) is 0 Å². The van der Waals surface area contributed by atoms with Gasteiger partial charge in [0.1, 0.15) is 60.7 Å². The Balaban J connectivity index is 0.000000850. The van der Waals surface area contributed by atoms with Crippen molar-refractivity contribution in [3.05, 3.63) is 109 Å². The first-order chi connectivity index (χ1) is 32.6.